The predicted octanol–water partition coefficient (Wildman–Crippen LogP) is 2.64. The SMILES string of the molecule is CCN1CCN(CCCNc2ccc(-c3nc(-c4ccc(OC)cc4)no3)nn2)CC1. The number of aromatic nitrogens is 4. The van der Waals surface area contributed by atoms with Crippen molar-refractivity contribution in [3.8, 4) is 28.7 Å². The van der Waals surface area contributed by atoms with Gasteiger partial charge in [-0.05, 0) is 55.9 Å². The van der Waals surface area contributed by atoms with Crippen LogP contribution >= 0.6 is 0 Å². The van der Waals surface area contributed by atoms with E-state index < -0.39 is 0 Å². The number of piperazine rings is 1. The number of hydrogen-bond donors (Lipinski definition) is 1. The summed E-state index contributed by atoms with van der Waals surface area (Å²) in [5.74, 6) is 2.37. The molecule has 3 heterocycles. The lowest BCUT2D eigenvalue weighted by Gasteiger charge is -2.33. The minimum absolute atomic E-state index is 0.344. The summed E-state index contributed by atoms with van der Waals surface area (Å²) < 4.78 is 10.5. The molecule has 9 heteroatoms. The van der Waals surface area contributed by atoms with Gasteiger partial charge in [0.15, 0.2) is 5.69 Å². The molecular weight excluding hydrogens is 394 g/mol. The van der Waals surface area contributed by atoms with Crippen LogP contribution in [0.15, 0.2) is 40.9 Å². The van der Waals surface area contributed by atoms with Crippen molar-refractivity contribution in [3.63, 3.8) is 0 Å². The van der Waals surface area contributed by atoms with Crippen molar-refractivity contribution in [1.82, 2.24) is 30.1 Å². The third-order valence-electron chi connectivity index (χ3n) is 5.53. The van der Waals surface area contributed by atoms with Crippen molar-refractivity contribution >= 4 is 5.82 Å². The fourth-order valence-corrected chi connectivity index (χ4v) is 3.57. The second kappa shape index (κ2) is 10.3. The Hall–Kier alpha value is -3.04. The van der Waals surface area contributed by atoms with Gasteiger partial charge in [0, 0.05) is 38.3 Å². The first-order valence-corrected chi connectivity index (χ1v) is 10.8. The van der Waals surface area contributed by atoms with E-state index in [1.165, 1.54) is 13.1 Å². The van der Waals surface area contributed by atoms with Crippen molar-refractivity contribution in [2.45, 2.75) is 13.3 Å². The number of likely N-dealkylation sites (N-methyl/N-ethyl adjacent to an activating group) is 1. The minimum Gasteiger partial charge on any atom is -0.497 e. The van der Waals surface area contributed by atoms with Gasteiger partial charge < -0.3 is 24.4 Å². The summed E-state index contributed by atoms with van der Waals surface area (Å²) in [4.78, 5) is 9.45. The van der Waals surface area contributed by atoms with Gasteiger partial charge in [-0.3, -0.25) is 0 Å². The molecule has 164 valence electrons. The maximum atomic E-state index is 5.36. The topological polar surface area (TPSA) is 92.4 Å². The van der Waals surface area contributed by atoms with E-state index in [4.69, 9.17) is 9.26 Å². The Morgan fingerprint density at radius 1 is 1.00 bits per heavy atom. The number of benzene rings is 1. The van der Waals surface area contributed by atoms with Gasteiger partial charge in [0.25, 0.3) is 5.89 Å². The number of rotatable bonds is 9. The number of nitrogens with one attached hydrogen (secondary N) is 1. The first-order valence-electron chi connectivity index (χ1n) is 10.8. The summed E-state index contributed by atoms with van der Waals surface area (Å²) in [6.45, 7) is 10.0. The van der Waals surface area contributed by atoms with Gasteiger partial charge in [-0.25, -0.2) is 0 Å². The van der Waals surface area contributed by atoms with Crippen LogP contribution < -0.4 is 10.1 Å². The highest BCUT2D eigenvalue weighted by Gasteiger charge is 2.15. The van der Waals surface area contributed by atoms with Crippen LogP contribution in [0.25, 0.3) is 23.0 Å². The minimum atomic E-state index is 0.344. The van der Waals surface area contributed by atoms with Gasteiger partial charge in [0.1, 0.15) is 11.6 Å². The van der Waals surface area contributed by atoms with Gasteiger partial charge >= 0.3 is 0 Å². The maximum Gasteiger partial charge on any atom is 0.278 e. The molecule has 2 aromatic heterocycles. The molecule has 1 aromatic carbocycles. The molecule has 0 atom stereocenters. The summed E-state index contributed by atoms with van der Waals surface area (Å²) in [6, 6.07) is 11.2. The molecule has 0 bridgehead atoms. The van der Waals surface area contributed by atoms with Crippen LogP contribution in [0.1, 0.15) is 13.3 Å². The molecule has 4 rings (SSSR count). The molecule has 1 fully saturated rings. The van der Waals surface area contributed by atoms with Gasteiger partial charge in [0.2, 0.25) is 5.82 Å². The number of nitrogens with zero attached hydrogens (tertiary/aromatic N) is 6. The third kappa shape index (κ3) is 5.56. The highest BCUT2D eigenvalue weighted by Crippen LogP contribution is 2.23. The molecule has 1 saturated heterocycles. The Bertz CT molecular complexity index is 935. The Kier molecular flexibility index (Phi) is 7.06. The highest BCUT2D eigenvalue weighted by molar-refractivity contribution is 5.59. The summed E-state index contributed by atoms with van der Waals surface area (Å²) in [6.07, 6.45) is 1.07. The van der Waals surface area contributed by atoms with E-state index in [-0.39, 0.29) is 0 Å². The zero-order valence-electron chi connectivity index (χ0n) is 18.1. The van der Waals surface area contributed by atoms with E-state index in [2.05, 4.69) is 42.4 Å². The predicted molar refractivity (Wildman–Crippen MR) is 119 cm³/mol. The van der Waals surface area contributed by atoms with Gasteiger partial charge in [-0.2, -0.15) is 4.98 Å². The summed E-state index contributed by atoms with van der Waals surface area (Å²) in [5, 5.41) is 15.8. The van der Waals surface area contributed by atoms with Crippen LogP contribution in [0, 0.1) is 0 Å². The number of methoxy groups -OCH3 is 1. The molecule has 0 unspecified atom stereocenters. The largest absolute Gasteiger partial charge is 0.497 e. The monoisotopic (exact) mass is 423 g/mol. The Morgan fingerprint density at radius 3 is 2.45 bits per heavy atom. The lowest BCUT2D eigenvalue weighted by molar-refractivity contribution is 0.137. The van der Waals surface area contributed by atoms with Crippen LogP contribution in [-0.4, -0.2) is 83.1 Å². The maximum absolute atomic E-state index is 5.36. The Balaban J connectivity index is 1.25. The molecule has 1 N–H and O–H groups in total. The molecule has 3 aromatic rings. The van der Waals surface area contributed by atoms with Crippen molar-refractivity contribution in [2.24, 2.45) is 0 Å². The fourth-order valence-electron chi connectivity index (χ4n) is 3.57. The van der Waals surface area contributed by atoms with Crippen LogP contribution in [0.3, 0.4) is 0 Å². The van der Waals surface area contributed by atoms with Crippen LogP contribution in [0.5, 0.6) is 5.75 Å². The number of hydrogen-bond acceptors (Lipinski definition) is 9. The molecule has 0 radical (unpaired) electrons. The Morgan fingerprint density at radius 2 is 1.77 bits per heavy atom. The van der Waals surface area contributed by atoms with Crippen molar-refractivity contribution in [2.75, 3.05) is 58.2 Å². The zero-order chi connectivity index (χ0) is 21.5. The summed E-state index contributed by atoms with van der Waals surface area (Å²) >= 11 is 0. The average Bonchev–Trinajstić information content (AvgIpc) is 3.33. The Labute approximate surface area is 182 Å². The second-order valence-electron chi connectivity index (χ2n) is 7.51. The van der Waals surface area contributed by atoms with E-state index in [0.29, 0.717) is 17.4 Å². The molecular formula is C22H29N7O2. The molecule has 0 spiro atoms. The zero-order valence-corrected chi connectivity index (χ0v) is 18.1. The molecule has 31 heavy (non-hydrogen) atoms. The lowest BCUT2D eigenvalue weighted by Crippen LogP contribution is -2.46. The molecule has 1 aliphatic heterocycles. The van der Waals surface area contributed by atoms with E-state index in [1.54, 1.807) is 7.11 Å². The third-order valence-corrected chi connectivity index (χ3v) is 5.53. The van der Waals surface area contributed by atoms with Crippen molar-refractivity contribution < 1.29 is 9.26 Å². The lowest BCUT2D eigenvalue weighted by atomic mass is 10.2. The van der Waals surface area contributed by atoms with Crippen LogP contribution in [-0.2, 0) is 0 Å². The first kappa shape index (κ1) is 21.2. The normalized spacial score (nSPS) is 15.2. The second-order valence-corrected chi connectivity index (χ2v) is 7.51. The van der Waals surface area contributed by atoms with Crippen molar-refractivity contribution in [1.29, 1.82) is 0 Å². The molecule has 0 aliphatic carbocycles. The molecule has 0 amide bonds. The van der Waals surface area contributed by atoms with Crippen LogP contribution in [0.2, 0.25) is 0 Å². The summed E-state index contributed by atoms with van der Waals surface area (Å²) in [7, 11) is 1.63. The quantitative estimate of drug-likeness (QED) is 0.521. The van der Waals surface area contributed by atoms with Crippen molar-refractivity contribution in [3.05, 3.63) is 36.4 Å². The van der Waals surface area contributed by atoms with Crippen LogP contribution in [0.4, 0.5) is 5.82 Å². The average molecular weight is 424 g/mol. The highest BCUT2D eigenvalue weighted by atomic mass is 16.5. The fraction of sp³-hybridized carbons (Fsp3) is 0.455. The number of anilines is 1. The van der Waals surface area contributed by atoms with E-state index >= 15 is 0 Å². The summed E-state index contributed by atoms with van der Waals surface area (Å²) in [5.41, 5.74) is 1.39. The van der Waals surface area contributed by atoms with Gasteiger partial charge in [0.05, 0.1) is 7.11 Å². The van der Waals surface area contributed by atoms with E-state index in [1.807, 2.05) is 36.4 Å². The van der Waals surface area contributed by atoms with Gasteiger partial charge in [-0.1, -0.05) is 12.1 Å². The number of ether oxygens (including phenoxy) is 1. The van der Waals surface area contributed by atoms with E-state index in [0.717, 1.165) is 56.3 Å². The smallest absolute Gasteiger partial charge is 0.278 e. The molecule has 0 saturated carbocycles. The molecule has 1 aliphatic rings. The molecule has 9 nitrogen and oxygen atoms in total. The first-order chi connectivity index (χ1) is 15.2. The van der Waals surface area contributed by atoms with E-state index in [9.17, 15) is 0 Å². The standard InChI is InChI=1S/C22H29N7O2/c1-3-28-13-15-29(16-14-28)12-4-11-23-20-10-9-19(25-26-20)22-24-21(27-31-22)17-5-7-18(30-2)8-6-17/h5-10H,3-4,11-16H2,1-2H3,(H,23,26). The van der Waals surface area contributed by atoms with Gasteiger partial charge in [-0.15, -0.1) is 10.2 Å².